The number of alkyl halides is 1. The molecule has 4 heteroatoms. The number of rotatable bonds is 0. The van der Waals surface area contributed by atoms with Gasteiger partial charge in [0.15, 0.2) is 0 Å². The minimum Gasteiger partial charge on any atom is -0.355 e. The summed E-state index contributed by atoms with van der Waals surface area (Å²) in [6.45, 7) is 0.848. The summed E-state index contributed by atoms with van der Waals surface area (Å²) in [6, 6.07) is 0. The van der Waals surface area contributed by atoms with E-state index in [0.29, 0.717) is 0 Å². The zero-order valence-corrected chi connectivity index (χ0v) is 8.90. The Hall–Kier alpha value is 0.716. The molecular formula is C6H10BrMgNO. The van der Waals surface area contributed by atoms with E-state index in [-0.39, 0.29) is 33.8 Å². The summed E-state index contributed by atoms with van der Waals surface area (Å²) in [5.41, 5.74) is 0. The Kier molecular flexibility index (Phi) is 5.76. The van der Waals surface area contributed by atoms with Gasteiger partial charge in [0.2, 0.25) is 5.91 Å². The van der Waals surface area contributed by atoms with Gasteiger partial charge in [0.1, 0.15) is 0 Å². The van der Waals surface area contributed by atoms with Gasteiger partial charge in [0.25, 0.3) is 0 Å². The zero-order chi connectivity index (χ0) is 6.69. The molecule has 0 aromatic heterocycles. The lowest BCUT2D eigenvalue weighted by Gasteiger charge is -2.01. The third-order valence-electron chi connectivity index (χ3n) is 1.47. The Morgan fingerprint density at radius 1 is 1.50 bits per heavy atom. The normalized spacial score (nSPS) is 26.1. The number of carbonyl (C=O) groups is 1. The fourth-order valence-electron chi connectivity index (χ4n) is 0.902. The van der Waals surface area contributed by atoms with E-state index >= 15 is 0 Å². The van der Waals surface area contributed by atoms with Crippen LogP contribution in [0.25, 0.3) is 0 Å². The minimum atomic E-state index is 0. The SMILES string of the molecule is O=C1NCCCCC1Br.[Mg]. The van der Waals surface area contributed by atoms with Gasteiger partial charge >= 0.3 is 0 Å². The molecule has 1 heterocycles. The predicted molar refractivity (Wildman–Crippen MR) is 45.3 cm³/mol. The second kappa shape index (κ2) is 5.38. The lowest BCUT2D eigenvalue weighted by Crippen LogP contribution is -2.28. The van der Waals surface area contributed by atoms with E-state index in [0.717, 1.165) is 25.8 Å². The predicted octanol–water partition coefficient (Wildman–Crippen LogP) is 0.669. The molecule has 0 spiro atoms. The first-order chi connectivity index (χ1) is 4.30. The van der Waals surface area contributed by atoms with E-state index in [2.05, 4.69) is 21.2 Å². The fourth-order valence-corrected chi connectivity index (χ4v) is 1.39. The van der Waals surface area contributed by atoms with Crippen molar-refractivity contribution >= 4 is 44.9 Å². The molecule has 1 aliphatic rings. The molecule has 0 aliphatic carbocycles. The van der Waals surface area contributed by atoms with Crippen LogP contribution in [-0.4, -0.2) is 40.3 Å². The number of amides is 1. The first-order valence-electron chi connectivity index (χ1n) is 3.22. The standard InChI is InChI=1S/C6H10BrNO.Mg/c7-5-3-1-2-4-8-6(5)9;/h5H,1-4H2,(H,8,9);. The van der Waals surface area contributed by atoms with Gasteiger partial charge in [-0.15, -0.1) is 0 Å². The average Bonchev–Trinajstić information content (AvgIpc) is 1.99. The van der Waals surface area contributed by atoms with Gasteiger partial charge in [0, 0.05) is 29.6 Å². The van der Waals surface area contributed by atoms with E-state index in [1.54, 1.807) is 0 Å². The third-order valence-corrected chi connectivity index (χ3v) is 2.34. The lowest BCUT2D eigenvalue weighted by molar-refractivity contribution is -0.120. The third kappa shape index (κ3) is 3.21. The smallest absolute Gasteiger partial charge is 0.233 e. The molecule has 0 saturated carbocycles. The fraction of sp³-hybridized carbons (Fsp3) is 0.833. The summed E-state index contributed by atoms with van der Waals surface area (Å²) in [7, 11) is 0. The monoisotopic (exact) mass is 215 g/mol. The summed E-state index contributed by atoms with van der Waals surface area (Å²) in [5.74, 6) is 0.146. The van der Waals surface area contributed by atoms with Crippen molar-refractivity contribution in [2.24, 2.45) is 0 Å². The van der Waals surface area contributed by atoms with Crippen LogP contribution in [0.15, 0.2) is 0 Å². The molecule has 1 aliphatic heterocycles. The van der Waals surface area contributed by atoms with Crippen LogP contribution in [0.5, 0.6) is 0 Å². The number of hydrogen-bond acceptors (Lipinski definition) is 1. The molecule has 1 fully saturated rings. The molecule has 0 bridgehead atoms. The Bertz CT molecular complexity index is 120. The van der Waals surface area contributed by atoms with Crippen LogP contribution in [0.4, 0.5) is 0 Å². The molecular weight excluding hydrogens is 206 g/mol. The number of nitrogens with one attached hydrogen (secondary N) is 1. The van der Waals surface area contributed by atoms with Gasteiger partial charge in [-0.3, -0.25) is 4.79 Å². The molecule has 54 valence electrons. The van der Waals surface area contributed by atoms with Crippen LogP contribution in [0.2, 0.25) is 0 Å². The summed E-state index contributed by atoms with van der Waals surface area (Å²) in [5, 5.41) is 2.81. The molecule has 1 unspecified atom stereocenters. The second-order valence-corrected chi connectivity index (χ2v) is 3.36. The Labute approximate surface area is 85.4 Å². The highest BCUT2D eigenvalue weighted by molar-refractivity contribution is 9.10. The maximum Gasteiger partial charge on any atom is 0.233 e. The molecule has 0 aromatic carbocycles. The van der Waals surface area contributed by atoms with Crippen LogP contribution in [-0.2, 0) is 4.79 Å². The van der Waals surface area contributed by atoms with Crippen LogP contribution < -0.4 is 5.32 Å². The molecule has 1 atom stereocenters. The van der Waals surface area contributed by atoms with Crippen LogP contribution in [0.3, 0.4) is 0 Å². The van der Waals surface area contributed by atoms with Crippen molar-refractivity contribution in [3.05, 3.63) is 0 Å². The van der Waals surface area contributed by atoms with Gasteiger partial charge in [-0.05, 0) is 12.8 Å². The zero-order valence-electron chi connectivity index (χ0n) is 5.90. The van der Waals surface area contributed by atoms with Crippen LogP contribution in [0.1, 0.15) is 19.3 Å². The van der Waals surface area contributed by atoms with Gasteiger partial charge in [0.05, 0.1) is 4.83 Å². The first-order valence-corrected chi connectivity index (χ1v) is 4.14. The van der Waals surface area contributed by atoms with E-state index in [1.165, 1.54) is 0 Å². The van der Waals surface area contributed by atoms with Crippen molar-refractivity contribution in [1.82, 2.24) is 5.32 Å². The lowest BCUT2D eigenvalue weighted by atomic mass is 10.2. The van der Waals surface area contributed by atoms with Crippen molar-refractivity contribution in [1.29, 1.82) is 0 Å². The second-order valence-electron chi connectivity index (χ2n) is 2.25. The topological polar surface area (TPSA) is 29.1 Å². The molecule has 2 nitrogen and oxygen atoms in total. The number of halogens is 1. The van der Waals surface area contributed by atoms with Crippen molar-refractivity contribution < 1.29 is 4.79 Å². The molecule has 0 aromatic rings. The van der Waals surface area contributed by atoms with Gasteiger partial charge in [-0.25, -0.2) is 0 Å². The minimum absolute atomic E-state index is 0. The molecule has 1 rings (SSSR count). The van der Waals surface area contributed by atoms with Crippen molar-refractivity contribution in [3.63, 3.8) is 0 Å². The maximum atomic E-state index is 10.9. The number of carbonyl (C=O) groups excluding carboxylic acids is 1. The van der Waals surface area contributed by atoms with Crippen molar-refractivity contribution in [3.8, 4) is 0 Å². The largest absolute Gasteiger partial charge is 0.355 e. The Morgan fingerprint density at radius 2 is 2.20 bits per heavy atom. The summed E-state index contributed by atoms with van der Waals surface area (Å²) in [4.78, 5) is 10.9. The highest BCUT2D eigenvalue weighted by Crippen LogP contribution is 2.12. The van der Waals surface area contributed by atoms with Gasteiger partial charge in [-0.2, -0.15) is 0 Å². The maximum absolute atomic E-state index is 10.9. The highest BCUT2D eigenvalue weighted by atomic mass is 79.9. The van der Waals surface area contributed by atoms with Crippen LogP contribution in [0, 0.1) is 0 Å². The number of hydrogen-bond donors (Lipinski definition) is 1. The summed E-state index contributed by atoms with van der Waals surface area (Å²) in [6.07, 6.45) is 3.24. The molecule has 10 heavy (non-hydrogen) atoms. The summed E-state index contributed by atoms with van der Waals surface area (Å²) >= 11 is 3.29. The van der Waals surface area contributed by atoms with E-state index < -0.39 is 0 Å². The summed E-state index contributed by atoms with van der Waals surface area (Å²) < 4.78 is 0. The van der Waals surface area contributed by atoms with E-state index in [9.17, 15) is 4.79 Å². The molecule has 2 radical (unpaired) electrons. The Balaban J connectivity index is 0.000000810. The quantitative estimate of drug-likeness (QED) is 0.468. The molecule has 1 N–H and O–H groups in total. The van der Waals surface area contributed by atoms with Crippen molar-refractivity contribution in [2.45, 2.75) is 24.1 Å². The first kappa shape index (κ1) is 10.7. The van der Waals surface area contributed by atoms with Crippen molar-refractivity contribution in [2.75, 3.05) is 6.54 Å². The molecule has 1 amide bonds. The highest BCUT2D eigenvalue weighted by Gasteiger charge is 2.15. The molecule has 1 saturated heterocycles. The van der Waals surface area contributed by atoms with Gasteiger partial charge in [-0.1, -0.05) is 22.4 Å². The van der Waals surface area contributed by atoms with Crippen LogP contribution >= 0.6 is 15.9 Å². The average molecular weight is 216 g/mol. The van der Waals surface area contributed by atoms with Gasteiger partial charge < -0.3 is 5.32 Å². The Morgan fingerprint density at radius 3 is 2.90 bits per heavy atom. The van der Waals surface area contributed by atoms with E-state index in [4.69, 9.17) is 0 Å². The van der Waals surface area contributed by atoms with E-state index in [1.807, 2.05) is 0 Å².